The predicted octanol–water partition coefficient (Wildman–Crippen LogP) is 3.55. The van der Waals surface area contributed by atoms with Gasteiger partial charge in [0, 0.05) is 17.7 Å². The third kappa shape index (κ3) is 6.99. The number of esters is 2. The molecule has 1 heterocycles. The van der Waals surface area contributed by atoms with Crippen LogP contribution in [0.1, 0.15) is 19.2 Å². The summed E-state index contributed by atoms with van der Waals surface area (Å²) >= 11 is 0. The smallest absolute Gasteiger partial charge is 0.326 e. The van der Waals surface area contributed by atoms with E-state index in [2.05, 4.69) is 4.98 Å². The van der Waals surface area contributed by atoms with E-state index in [4.69, 9.17) is 13.9 Å². The number of aryl methyl sites for hydroxylation is 1. The van der Waals surface area contributed by atoms with Crippen molar-refractivity contribution in [2.45, 2.75) is 19.8 Å². The van der Waals surface area contributed by atoms with Crippen molar-refractivity contribution in [3.63, 3.8) is 0 Å². The normalized spacial score (nSPS) is 10.5. The lowest BCUT2D eigenvalue weighted by molar-refractivity contribution is -0.148. The minimum atomic E-state index is -0.617. The van der Waals surface area contributed by atoms with Gasteiger partial charge in [-0.2, -0.15) is 0 Å². The molecule has 0 saturated carbocycles. The monoisotopic (exact) mass is 454 g/mol. The second kappa shape index (κ2) is 11.6. The molecule has 0 radical (unpaired) electrons. The molecule has 0 atom stereocenters. The van der Waals surface area contributed by atoms with Crippen LogP contribution in [-0.2, 0) is 30.3 Å². The van der Waals surface area contributed by atoms with E-state index in [0.717, 1.165) is 0 Å². The quantitative estimate of drug-likeness (QED) is 0.432. The fourth-order valence-electron chi connectivity index (χ4n) is 2.94. The molecule has 0 fully saturated rings. The van der Waals surface area contributed by atoms with Gasteiger partial charge in [0.2, 0.25) is 0 Å². The van der Waals surface area contributed by atoms with Gasteiger partial charge in [-0.3, -0.25) is 19.3 Å². The summed E-state index contributed by atoms with van der Waals surface area (Å²) in [5.74, 6) is -1.34. The summed E-state index contributed by atoms with van der Waals surface area (Å²) in [6.07, 6.45) is 1.60. The Kier molecular flexibility index (Phi) is 8.29. The van der Waals surface area contributed by atoms with E-state index in [-0.39, 0.29) is 31.8 Å². The molecule has 172 valence electrons. The molecule has 0 aliphatic heterocycles. The van der Waals surface area contributed by atoms with Crippen molar-refractivity contribution in [1.29, 1.82) is 0 Å². The van der Waals surface area contributed by atoms with Crippen molar-refractivity contribution in [3.8, 4) is 11.3 Å². The van der Waals surface area contributed by atoms with Gasteiger partial charge in [0.25, 0.3) is 5.91 Å². The maximum Gasteiger partial charge on any atom is 0.326 e. The number of para-hydroxylation sites is 1. The van der Waals surface area contributed by atoms with Crippen LogP contribution in [-0.4, -0.2) is 42.6 Å². The van der Waals surface area contributed by atoms with Gasteiger partial charge in [0.05, 0.1) is 19.2 Å². The highest BCUT2D eigenvalue weighted by molar-refractivity contribution is 5.99. The minimum Gasteiger partial charge on any atom is -0.465 e. The van der Waals surface area contributed by atoms with Gasteiger partial charge < -0.3 is 13.9 Å². The molecule has 0 aliphatic rings. The summed E-state index contributed by atoms with van der Waals surface area (Å²) in [4.78, 5) is 42.0. The molecule has 0 spiro atoms. The number of halogens is 1. The third-order valence-corrected chi connectivity index (χ3v) is 4.54. The Hall–Kier alpha value is -4.01. The highest BCUT2D eigenvalue weighted by Gasteiger charge is 2.21. The first kappa shape index (κ1) is 23.6. The van der Waals surface area contributed by atoms with Crippen LogP contribution >= 0.6 is 0 Å². The van der Waals surface area contributed by atoms with Gasteiger partial charge in [0.15, 0.2) is 18.3 Å². The van der Waals surface area contributed by atoms with E-state index in [0.29, 0.717) is 22.9 Å². The summed E-state index contributed by atoms with van der Waals surface area (Å²) in [5.41, 5.74) is 1.14. The molecule has 0 unspecified atom stereocenters. The van der Waals surface area contributed by atoms with E-state index in [1.807, 2.05) is 0 Å². The summed E-state index contributed by atoms with van der Waals surface area (Å²) in [5, 5.41) is 0. The highest BCUT2D eigenvalue weighted by atomic mass is 19.1. The largest absolute Gasteiger partial charge is 0.465 e. The fraction of sp³-hybridized carbons (Fsp3) is 0.250. The van der Waals surface area contributed by atoms with Gasteiger partial charge in [-0.25, -0.2) is 9.37 Å². The number of anilines is 1. The van der Waals surface area contributed by atoms with Gasteiger partial charge in [0.1, 0.15) is 12.4 Å². The maximum atomic E-state index is 13.0. The topological polar surface area (TPSA) is 98.9 Å². The predicted molar refractivity (Wildman–Crippen MR) is 117 cm³/mol. The number of hydrogen-bond acceptors (Lipinski definition) is 7. The summed E-state index contributed by atoms with van der Waals surface area (Å²) in [6.45, 7) is 1.04. The van der Waals surface area contributed by atoms with E-state index < -0.39 is 24.5 Å². The Morgan fingerprint density at radius 2 is 1.73 bits per heavy atom. The van der Waals surface area contributed by atoms with Crippen molar-refractivity contribution in [2.24, 2.45) is 0 Å². The fourth-order valence-corrected chi connectivity index (χ4v) is 2.94. The van der Waals surface area contributed by atoms with E-state index in [9.17, 15) is 18.8 Å². The average Bonchev–Trinajstić information content (AvgIpc) is 3.30. The molecular weight excluding hydrogens is 431 g/mol. The van der Waals surface area contributed by atoms with Crippen molar-refractivity contribution < 1.29 is 32.7 Å². The molecule has 33 heavy (non-hydrogen) atoms. The van der Waals surface area contributed by atoms with Crippen LogP contribution in [0, 0.1) is 5.82 Å². The van der Waals surface area contributed by atoms with Gasteiger partial charge in [-0.15, -0.1) is 0 Å². The summed E-state index contributed by atoms with van der Waals surface area (Å²) < 4.78 is 28.6. The van der Waals surface area contributed by atoms with Crippen LogP contribution in [0.4, 0.5) is 10.1 Å². The molecule has 0 bridgehead atoms. The van der Waals surface area contributed by atoms with Gasteiger partial charge >= 0.3 is 11.9 Å². The lowest BCUT2D eigenvalue weighted by Gasteiger charge is -2.21. The third-order valence-electron chi connectivity index (χ3n) is 4.54. The molecule has 9 heteroatoms. The van der Waals surface area contributed by atoms with Crippen LogP contribution < -0.4 is 4.90 Å². The number of oxazole rings is 1. The van der Waals surface area contributed by atoms with Crippen molar-refractivity contribution in [1.82, 2.24) is 4.98 Å². The molecule has 3 rings (SSSR count). The number of hydrogen-bond donors (Lipinski definition) is 0. The van der Waals surface area contributed by atoms with Crippen molar-refractivity contribution in [3.05, 3.63) is 72.5 Å². The summed E-state index contributed by atoms with van der Waals surface area (Å²) in [6, 6.07) is 14.3. The number of nitrogens with zero attached hydrogens (tertiary/aromatic N) is 2. The molecular formula is C24H23FN2O6. The molecule has 3 aromatic rings. The molecule has 1 amide bonds. The molecule has 8 nitrogen and oxygen atoms in total. The number of benzene rings is 2. The molecule has 2 aromatic carbocycles. The first-order valence-electron chi connectivity index (χ1n) is 10.3. The average molecular weight is 454 g/mol. The number of rotatable bonds is 10. The van der Waals surface area contributed by atoms with Crippen molar-refractivity contribution >= 4 is 23.5 Å². The second-order valence-electron chi connectivity index (χ2n) is 6.91. The van der Waals surface area contributed by atoms with Crippen LogP contribution in [0.3, 0.4) is 0 Å². The van der Waals surface area contributed by atoms with Gasteiger partial charge in [-0.05, 0) is 43.3 Å². The number of carbonyl (C=O) groups is 3. The first-order chi connectivity index (χ1) is 16.0. The maximum absolute atomic E-state index is 13.0. The Morgan fingerprint density at radius 1 is 1.00 bits per heavy atom. The van der Waals surface area contributed by atoms with Crippen LogP contribution in [0.5, 0.6) is 0 Å². The van der Waals surface area contributed by atoms with Crippen LogP contribution in [0.25, 0.3) is 11.3 Å². The second-order valence-corrected chi connectivity index (χ2v) is 6.91. The zero-order chi connectivity index (χ0) is 23.6. The zero-order valence-corrected chi connectivity index (χ0v) is 18.0. The highest BCUT2D eigenvalue weighted by Crippen LogP contribution is 2.21. The Balaban J connectivity index is 1.52. The van der Waals surface area contributed by atoms with Crippen LogP contribution in [0.15, 0.2) is 65.2 Å². The van der Waals surface area contributed by atoms with Crippen molar-refractivity contribution in [2.75, 3.05) is 24.7 Å². The first-order valence-corrected chi connectivity index (χ1v) is 10.3. The molecule has 1 aromatic heterocycles. The lowest BCUT2D eigenvalue weighted by atomic mass is 10.2. The zero-order valence-electron chi connectivity index (χ0n) is 18.0. The van der Waals surface area contributed by atoms with E-state index >= 15 is 0 Å². The Bertz CT molecular complexity index is 1080. The SMILES string of the molecule is CCOC(=O)CN(C(=O)COC(=O)CCc1ncc(-c2ccc(F)cc2)o1)c1ccccc1. The number of aromatic nitrogens is 1. The number of amides is 1. The molecule has 0 aliphatic carbocycles. The van der Waals surface area contributed by atoms with Crippen LogP contribution in [0.2, 0.25) is 0 Å². The Labute approximate surface area is 189 Å². The standard InChI is InChI=1S/C24H23FN2O6/c1-2-31-24(30)15-27(19-6-4-3-5-7-19)22(28)16-32-23(29)13-12-21-26-14-20(33-21)17-8-10-18(25)11-9-17/h3-11,14H,2,12-13,15-16H2,1H3. The number of ether oxygens (including phenoxy) is 2. The number of carbonyl (C=O) groups excluding carboxylic acids is 3. The van der Waals surface area contributed by atoms with E-state index in [1.54, 1.807) is 49.4 Å². The molecule has 0 N–H and O–H groups in total. The minimum absolute atomic E-state index is 0.0557. The molecule has 0 saturated heterocycles. The van der Waals surface area contributed by atoms with Gasteiger partial charge in [-0.1, -0.05) is 18.2 Å². The van der Waals surface area contributed by atoms with E-state index in [1.165, 1.54) is 23.2 Å². The lowest BCUT2D eigenvalue weighted by Crippen LogP contribution is -2.39. The Morgan fingerprint density at radius 3 is 2.42 bits per heavy atom. The summed E-state index contributed by atoms with van der Waals surface area (Å²) in [7, 11) is 0.